The zero-order valence-electron chi connectivity index (χ0n) is 6.22. The minimum Gasteiger partial charge on any atom is -0.503 e. The van der Waals surface area contributed by atoms with Crippen LogP contribution in [0.1, 0.15) is 13.3 Å². The van der Waals surface area contributed by atoms with Gasteiger partial charge >= 0.3 is 0 Å². The fraction of sp³-hybridized carbons (Fsp3) is 0.714. The molecule has 1 fully saturated rings. The van der Waals surface area contributed by atoms with Crippen molar-refractivity contribution in [3.63, 3.8) is 0 Å². The Balaban J connectivity index is 2.41. The molecule has 1 aliphatic heterocycles. The standard InChI is InChI=1S/C7H13NO/c1-6-4-7(5-9-3)8(6)2/h5-6H,4H2,1-3H3/b7-5+. The van der Waals surface area contributed by atoms with Crippen molar-refractivity contribution < 1.29 is 4.74 Å². The first-order valence-electron chi connectivity index (χ1n) is 3.20. The maximum absolute atomic E-state index is 4.86. The predicted molar refractivity (Wildman–Crippen MR) is 36.9 cm³/mol. The van der Waals surface area contributed by atoms with Crippen LogP contribution < -0.4 is 0 Å². The zero-order chi connectivity index (χ0) is 6.85. The van der Waals surface area contributed by atoms with E-state index in [1.54, 1.807) is 13.4 Å². The second-order valence-corrected chi connectivity index (χ2v) is 2.51. The molecule has 0 bridgehead atoms. The van der Waals surface area contributed by atoms with E-state index in [2.05, 4.69) is 18.9 Å². The molecule has 52 valence electrons. The summed E-state index contributed by atoms with van der Waals surface area (Å²) in [6, 6.07) is 0.700. The largest absolute Gasteiger partial charge is 0.503 e. The van der Waals surface area contributed by atoms with E-state index in [1.165, 1.54) is 5.70 Å². The second-order valence-electron chi connectivity index (χ2n) is 2.51. The van der Waals surface area contributed by atoms with Crippen LogP contribution in [-0.2, 0) is 4.74 Å². The Labute approximate surface area is 56.1 Å². The van der Waals surface area contributed by atoms with Gasteiger partial charge in [-0.2, -0.15) is 0 Å². The van der Waals surface area contributed by atoms with Crippen molar-refractivity contribution in [3.05, 3.63) is 12.0 Å². The van der Waals surface area contributed by atoms with E-state index in [9.17, 15) is 0 Å². The number of hydrogen-bond acceptors (Lipinski definition) is 2. The third kappa shape index (κ3) is 1.02. The molecule has 0 aromatic rings. The van der Waals surface area contributed by atoms with Crippen molar-refractivity contribution >= 4 is 0 Å². The molecule has 1 aliphatic rings. The Morgan fingerprint density at radius 2 is 2.44 bits per heavy atom. The minimum atomic E-state index is 0.700. The van der Waals surface area contributed by atoms with Gasteiger partial charge in [-0.3, -0.25) is 0 Å². The molecular weight excluding hydrogens is 114 g/mol. The second kappa shape index (κ2) is 2.29. The molecule has 1 unspecified atom stereocenters. The number of hydrogen-bond donors (Lipinski definition) is 0. The number of likely N-dealkylation sites (tertiary alicyclic amines) is 1. The van der Waals surface area contributed by atoms with E-state index >= 15 is 0 Å². The number of rotatable bonds is 1. The molecular formula is C7H13NO. The SMILES string of the molecule is CO/C=C1\CC(C)N1C. The summed E-state index contributed by atoms with van der Waals surface area (Å²) in [6.45, 7) is 2.20. The van der Waals surface area contributed by atoms with E-state index in [4.69, 9.17) is 4.74 Å². The van der Waals surface area contributed by atoms with E-state index in [1.807, 2.05) is 0 Å². The zero-order valence-corrected chi connectivity index (χ0v) is 6.22. The Hall–Kier alpha value is -0.660. The molecule has 0 N–H and O–H groups in total. The van der Waals surface area contributed by atoms with Gasteiger partial charge < -0.3 is 9.64 Å². The first-order valence-corrected chi connectivity index (χ1v) is 3.20. The molecule has 1 heterocycles. The van der Waals surface area contributed by atoms with E-state index < -0.39 is 0 Å². The fourth-order valence-corrected chi connectivity index (χ4v) is 1.02. The lowest BCUT2D eigenvalue weighted by Crippen LogP contribution is -2.40. The number of nitrogens with zero attached hydrogens (tertiary/aromatic N) is 1. The van der Waals surface area contributed by atoms with Crippen LogP contribution in [0, 0.1) is 0 Å². The molecule has 2 nitrogen and oxygen atoms in total. The van der Waals surface area contributed by atoms with Crippen LogP contribution in [0.15, 0.2) is 12.0 Å². The first-order chi connectivity index (χ1) is 4.25. The van der Waals surface area contributed by atoms with Gasteiger partial charge in [0.15, 0.2) is 0 Å². The quantitative estimate of drug-likeness (QED) is 0.491. The maximum atomic E-state index is 4.86. The average molecular weight is 127 g/mol. The minimum absolute atomic E-state index is 0.700. The van der Waals surface area contributed by atoms with Gasteiger partial charge in [0.05, 0.1) is 12.8 Å². The van der Waals surface area contributed by atoms with Crippen LogP contribution in [0.4, 0.5) is 0 Å². The van der Waals surface area contributed by atoms with Crippen LogP contribution in [-0.4, -0.2) is 25.1 Å². The third-order valence-electron chi connectivity index (χ3n) is 1.87. The molecule has 1 saturated heterocycles. The van der Waals surface area contributed by atoms with Gasteiger partial charge in [0.25, 0.3) is 0 Å². The smallest absolute Gasteiger partial charge is 0.102 e. The molecule has 0 spiro atoms. The molecule has 0 aromatic heterocycles. The number of ether oxygens (including phenoxy) is 1. The Morgan fingerprint density at radius 1 is 1.78 bits per heavy atom. The van der Waals surface area contributed by atoms with Gasteiger partial charge in [-0.25, -0.2) is 0 Å². The maximum Gasteiger partial charge on any atom is 0.102 e. The molecule has 0 aliphatic carbocycles. The van der Waals surface area contributed by atoms with Crippen molar-refractivity contribution in [1.82, 2.24) is 4.90 Å². The summed E-state index contributed by atoms with van der Waals surface area (Å²) in [7, 11) is 3.77. The normalized spacial score (nSPS) is 30.3. The van der Waals surface area contributed by atoms with Crippen LogP contribution in [0.2, 0.25) is 0 Å². The summed E-state index contributed by atoms with van der Waals surface area (Å²) < 4.78 is 4.86. The molecule has 2 heteroatoms. The van der Waals surface area contributed by atoms with Gasteiger partial charge in [-0.15, -0.1) is 0 Å². The van der Waals surface area contributed by atoms with Crippen molar-refractivity contribution in [2.24, 2.45) is 0 Å². The third-order valence-corrected chi connectivity index (χ3v) is 1.87. The van der Waals surface area contributed by atoms with Crippen LogP contribution in [0.5, 0.6) is 0 Å². The van der Waals surface area contributed by atoms with Crippen molar-refractivity contribution in [3.8, 4) is 0 Å². The predicted octanol–water partition coefficient (Wildman–Crippen LogP) is 1.20. The van der Waals surface area contributed by atoms with Crippen LogP contribution in [0.25, 0.3) is 0 Å². The van der Waals surface area contributed by atoms with E-state index in [0.29, 0.717) is 6.04 Å². The van der Waals surface area contributed by atoms with E-state index in [0.717, 1.165) is 6.42 Å². The van der Waals surface area contributed by atoms with Crippen molar-refractivity contribution in [1.29, 1.82) is 0 Å². The van der Waals surface area contributed by atoms with Crippen molar-refractivity contribution in [2.45, 2.75) is 19.4 Å². The highest BCUT2D eigenvalue weighted by Gasteiger charge is 2.24. The molecule has 0 radical (unpaired) electrons. The topological polar surface area (TPSA) is 12.5 Å². The highest BCUT2D eigenvalue weighted by Crippen LogP contribution is 2.25. The summed E-state index contributed by atoms with van der Waals surface area (Å²) in [4.78, 5) is 2.21. The lowest BCUT2D eigenvalue weighted by atomic mass is 10.0. The Bertz CT molecular complexity index is 131. The van der Waals surface area contributed by atoms with Crippen molar-refractivity contribution in [2.75, 3.05) is 14.2 Å². The molecule has 0 aromatic carbocycles. The molecule has 1 rings (SSSR count). The van der Waals surface area contributed by atoms with Crippen LogP contribution in [0.3, 0.4) is 0 Å². The molecule has 9 heavy (non-hydrogen) atoms. The summed E-state index contributed by atoms with van der Waals surface area (Å²) in [5, 5.41) is 0. The molecule has 0 saturated carbocycles. The lowest BCUT2D eigenvalue weighted by Gasteiger charge is -2.39. The highest BCUT2D eigenvalue weighted by atomic mass is 16.5. The summed E-state index contributed by atoms with van der Waals surface area (Å²) >= 11 is 0. The van der Waals surface area contributed by atoms with Gasteiger partial charge in [-0.1, -0.05) is 0 Å². The summed E-state index contributed by atoms with van der Waals surface area (Å²) in [5.74, 6) is 0. The summed E-state index contributed by atoms with van der Waals surface area (Å²) in [5.41, 5.74) is 1.30. The van der Waals surface area contributed by atoms with Gasteiger partial charge in [-0.05, 0) is 6.92 Å². The summed E-state index contributed by atoms with van der Waals surface area (Å²) in [6.07, 6.45) is 2.96. The average Bonchev–Trinajstić information content (AvgIpc) is 1.88. The van der Waals surface area contributed by atoms with Gasteiger partial charge in [0.1, 0.15) is 6.26 Å². The van der Waals surface area contributed by atoms with Gasteiger partial charge in [0, 0.05) is 19.5 Å². The highest BCUT2D eigenvalue weighted by molar-refractivity contribution is 5.09. The Morgan fingerprint density at radius 3 is 2.78 bits per heavy atom. The molecule has 0 amide bonds. The monoisotopic (exact) mass is 127 g/mol. The lowest BCUT2D eigenvalue weighted by molar-refractivity contribution is 0.193. The molecule has 1 atom stereocenters. The fourth-order valence-electron chi connectivity index (χ4n) is 1.02. The van der Waals surface area contributed by atoms with Crippen LogP contribution >= 0.6 is 0 Å². The van der Waals surface area contributed by atoms with Gasteiger partial charge in [0.2, 0.25) is 0 Å². The Kier molecular flexibility index (Phi) is 1.65. The first kappa shape index (κ1) is 6.46. The van der Waals surface area contributed by atoms with E-state index in [-0.39, 0.29) is 0 Å². The number of methoxy groups -OCH3 is 1.